The van der Waals surface area contributed by atoms with E-state index in [0.29, 0.717) is 67.7 Å². The van der Waals surface area contributed by atoms with Crippen molar-refractivity contribution in [1.82, 2.24) is 49.9 Å². The average molecular weight is 1160 g/mol. The van der Waals surface area contributed by atoms with Gasteiger partial charge in [0.1, 0.15) is 42.0 Å². The predicted octanol–water partition coefficient (Wildman–Crippen LogP) is 6.93. The first kappa shape index (κ1) is 59.8. The lowest BCUT2D eigenvalue weighted by atomic mass is 9.84. The number of carbonyl (C=O) groups is 3. The monoisotopic (exact) mass is 1160 g/mol. The summed E-state index contributed by atoms with van der Waals surface area (Å²) in [4.78, 5) is 69.4. The standard InChI is InChI=1S/C58H73F4N13O6S/c1-33(35-11-13-36(14-12-35)49-34(2)69-32-82-49)70-55(79)44-23-38(76)28-75(44)56(80)50(57(3,4)5)71-47(77)10-7-6-8-18-72-20-15-39(16-21-72)81-46-25-41(59)40(24-42(46)60)43-22-37(27-74-31-68-48-53(63)66-30-67-54(48)74)45(26-65-43)73-19-9-17-58(64,29-73)51(78)52(61)62/h11-14,22,24-26,30-33,38-39,44,50-52,76,78H,6-10,15-21,23,27-29,64H2,1-5H3,(H,70,79)(H,71,77)(H2,63,66,67)/t33-,38+,44-,50+,51+,58+/m0/s1. The van der Waals surface area contributed by atoms with Gasteiger partial charge in [-0.3, -0.25) is 19.4 Å². The molecule has 0 aliphatic carbocycles. The molecule has 0 bridgehead atoms. The summed E-state index contributed by atoms with van der Waals surface area (Å²) >= 11 is 1.56. The van der Waals surface area contributed by atoms with Crippen LogP contribution in [0.15, 0.2) is 66.8 Å². The van der Waals surface area contributed by atoms with E-state index in [4.69, 9.17) is 16.2 Å². The number of aliphatic hydroxyl groups is 2. The quantitative estimate of drug-likeness (QED) is 0.0335. The Labute approximate surface area is 477 Å². The highest BCUT2D eigenvalue weighted by atomic mass is 32.1. The number of benzene rings is 2. The van der Waals surface area contributed by atoms with Gasteiger partial charge in [-0.1, -0.05) is 51.5 Å². The predicted molar refractivity (Wildman–Crippen MR) is 304 cm³/mol. The third-order valence-corrected chi connectivity index (χ3v) is 17.0. The Balaban J connectivity index is 0.747. The zero-order valence-corrected chi connectivity index (χ0v) is 47.6. The molecule has 19 nitrogen and oxygen atoms in total. The molecule has 2 aromatic carbocycles. The van der Waals surface area contributed by atoms with Crippen LogP contribution in [-0.2, 0) is 20.9 Å². The van der Waals surface area contributed by atoms with Crippen LogP contribution in [0.25, 0.3) is 32.9 Å². The van der Waals surface area contributed by atoms with Gasteiger partial charge >= 0.3 is 0 Å². The molecule has 3 aliphatic heterocycles. The molecule has 0 unspecified atom stereocenters. The number of aliphatic hydroxyl groups excluding tert-OH is 2. The van der Waals surface area contributed by atoms with E-state index in [9.17, 15) is 33.4 Å². The Bertz CT molecular complexity index is 3230. The number of piperidine rings is 2. The number of nitrogens with zero attached hydrogens (tertiary/aromatic N) is 9. The van der Waals surface area contributed by atoms with Crippen LogP contribution >= 0.6 is 11.3 Å². The number of hydrogen-bond donors (Lipinski definition) is 6. The summed E-state index contributed by atoms with van der Waals surface area (Å²) in [6.45, 7) is 11.9. The highest BCUT2D eigenvalue weighted by Gasteiger charge is 2.46. The number of thiazole rings is 1. The normalized spacial score (nSPS) is 20.3. The summed E-state index contributed by atoms with van der Waals surface area (Å²) in [6, 6.07) is 9.34. The van der Waals surface area contributed by atoms with Crippen LogP contribution in [-0.4, -0.2) is 149 Å². The third-order valence-electron chi connectivity index (χ3n) is 16.0. The number of fused-ring (bicyclic) bond motifs is 1. The van der Waals surface area contributed by atoms with Gasteiger partial charge in [0.2, 0.25) is 17.7 Å². The SMILES string of the molecule is Cc1ncsc1-c1ccc([C@H](C)NC(=O)[C@@H]2C[C@@H](O)CN2C(=O)[C@@H](NC(=O)CCCCCN2CCC(Oc3cc(F)c(-c4cc(Cn5cnc6c(N)ncnc65)c(N5CCC[C@](N)([C@H](O)C(F)F)C5)cn4)cc3F)CC2)C(C)(C)C)cc1. The number of amides is 3. The molecule has 82 heavy (non-hydrogen) atoms. The number of hydrogen-bond acceptors (Lipinski definition) is 16. The summed E-state index contributed by atoms with van der Waals surface area (Å²) in [5, 5.41) is 27.1. The number of imidazole rings is 1. The second-order valence-corrected chi connectivity index (χ2v) is 24.0. The minimum absolute atomic E-state index is 0.0244. The van der Waals surface area contributed by atoms with Crippen LogP contribution in [0.4, 0.5) is 29.1 Å². The number of alkyl halides is 2. The molecule has 0 saturated carbocycles. The van der Waals surface area contributed by atoms with Crippen molar-refractivity contribution in [2.75, 3.05) is 49.9 Å². The Morgan fingerprint density at radius 3 is 2.43 bits per heavy atom. The minimum Gasteiger partial charge on any atom is -0.487 e. The molecule has 3 fully saturated rings. The largest absolute Gasteiger partial charge is 0.487 e. The molecule has 6 aromatic rings. The van der Waals surface area contributed by atoms with E-state index >= 15 is 8.78 Å². The van der Waals surface area contributed by atoms with Gasteiger partial charge in [-0.2, -0.15) is 0 Å². The van der Waals surface area contributed by atoms with Crippen molar-refractivity contribution in [1.29, 1.82) is 0 Å². The highest BCUT2D eigenvalue weighted by molar-refractivity contribution is 7.13. The van der Waals surface area contributed by atoms with Crippen LogP contribution < -0.4 is 31.7 Å². The lowest BCUT2D eigenvalue weighted by Crippen LogP contribution is -2.63. The number of nitrogens with one attached hydrogen (secondary N) is 2. The second-order valence-electron chi connectivity index (χ2n) is 23.2. The van der Waals surface area contributed by atoms with Crippen LogP contribution in [0.1, 0.15) is 108 Å². The molecule has 9 rings (SSSR count). The van der Waals surface area contributed by atoms with E-state index in [0.717, 1.165) is 53.2 Å². The molecule has 3 aliphatic rings. The van der Waals surface area contributed by atoms with Gasteiger partial charge in [0.15, 0.2) is 23.0 Å². The van der Waals surface area contributed by atoms with Crippen molar-refractivity contribution in [3.8, 4) is 27.4 Å². The molecule has 440 valence electrons. The molecule has 8 N–H and O–H groups in total. The molecular weight excluding hydrogens is 1080 g/mol. The van der Waals surface area contributed by atoms with Crippen molar-refractivity contribution in [3.05, 3.63) is 95.3 Å². The maximum Gasteiger partial charge on any atom is 0.265 e. The van der Waals surface area contributed by atoms with Gasteiger partial charge in [-0.25, -0.2) is 37.5 Å². The van der Waals surface area contributed by atoms with Crippen molar-refractivity contribution in [2.24, 2.45) is 11.1 Å². The van der Waals surface area contributed by atoms with Crippen molar-refractivity contribution in [2.45, 2.75) is 147 Å². The summed E-state index contributed by atoms with van der Waals surface area (Å²) in [5.74, 6) is -2.69. The molecule has 3 saturated heterocycles. The fourth-order valence-electron chi connectivity index (χ4n) is 11.3. The van der Waals surface area contributed by atoms with Gasteiger partial charge in [-0.05, 0) is 93.2 Å². The van der Waals surface area contributed by atoms with E-state index < -0.39 is 59.2 Å². The van der Waals surface area contributed by atoms with Crippen LogP contribution in [0.3, 0.4) is 0 Å². The second kappa shape index (κ2) is 25.3. The lowest BCUT2D eigenvalue weighted by Gasteiger charge is -2.44. The summed E-state index contributed by atoms with van der Waals surface area (Å²) < 4.78 is 67.3. The van der Waals surface area contributed by atoms with Crippen molar-refractivity contribution >= 4 is 51.7 Å². The Kier molecular flexibility index (Phi) is 18.5. The Morgan fingerprint density at radius 2 is 1.72 bits per heavy atom. The number of rotatable bonds is 20. The summed E-state index contributed by atoms with van der Waals surface area (Å²) in [5.41, 5.74) is 16.6. The Hall–Kier alpha value is -6.86. The van der Waals surface area contributed by atoms with Gasteiger partial charge in [0.05, 0.1) is 64.2 Å². The van der Waals surface area contributed by atoms with E-state index in [2.05, 4.69) is 40.5 Å². The molecule has 3 amide bonds. The van der Waals surface area contributed by atoms with Crippen LogP contribution in [0, 0.1) is 24.0 Å². The number of ether oxygens (including phenoxy) is 1. The first-order valence-electron chi connectivity index (χ1n) is 27.9. The van der Waals surface area contributed by atoms with E-state index in [-0.39, 0.29) is 85.7 Å². The number of nitrogen functional groups attached to an aromatic ring is 1. The molecular formula is C58H73F4N13O6S. The fourth-order valence-corrected chi connectivity index (χ4v) is 12.2. The molecule has 6 atom stereocenters. The van der Waals surface area contributed by atoms with Crippen LogP contribution in [0.5, 0.6) is 5.75 Å². The smallest absolute Gasteiger partial charge is 0.265 e. The van der Waals surface area contributed by atoms with Gasteiger partial charge < -0.3 is 56.3 Å². The van der Waals surface area contributed by atoms with Gasteiger partial charge in [0, 0.05) is 57.2 Å². The van der Waals surface area contributed by atoms with Crippen molar-refractivity contribution in [3.63, 3.8) is 0 Å². The maximum atomic E-state index is 16.1. The van der Waals surface area contributed by atoms with Gasteiger partial charge in [-0.15, -0.1) is 11.3 Å². The number of anilines is 2. The number of nitrogens with two attached hydrogens (primary N) is 2. The molecule has 7 heterocycles. The third kappa shape index (κ3) is 13.6. The topological polar surface area (TPSA) is 256 Å². The number of pyridine rings is 1. The zero-order chi connectivity index (χ0) is 58.6. The Morgan fingerprint density at radius 1 is 0.963 bits per heavy atom. The first-order chi connectivity index (χ1) is 39.1. The number of aryl methyl sites for hydroxylation is 1. The van der Waals surface area contributed by atoms with E-state index in [1.165, 1.54) is 23.8 Å². The minimum atomic E-state index is -3.05. The summed E-state index contributed by atoms with van der Waals surface area (Å²) in [6.07, 6.45) is 2.03. The first-order valence-corrected chi connectivity index (χ1v) is 28.8. The molecule has 4 aromatic heterocycles. The zero-order valence-electron chi connectivity index (χ0n) is 46.8. The number of carbonyl (C=O) groups excluding carboxylic acids is 3. The molecule has 0 spiro atoms. The van der Waals surface area contributed by atoms with Crippen LogP contribution in [0.2, 0.25) is 0 Å². The fraction of sp³-hybridized carbons (Fsp3) is 0.517. The number of likely N-dealkylation sites (tertiary alicyclic amines) is 2. The van der Waals surface area contributed by atoms with E-state index in [1.807, 2.05) is 58.9 Å². The number of halogens is 4. The molecule has 24 heteroatoms. The molecule has 0 radical (unpaired) electrons. The van der Waals surface area contributed by atoms with Crippen molar-refractivity contribution < 1.29 is 46.9 Å². The number of β-amino-alcohol motifs (C(OH)–C–C–N with tert-alkyl or cyclic N) is 1. The maximum absolute atomic E-state index is 16.1. The summed E-state index contributed by atoms with van der Waals surface area (Å²) in [7, 11) is 0. The lowest BCUT2D eigenvalue weighted by molar-refractivity contribution is -0.144. The number of unbranched alkanes of at least 4 members (excludes halogenated alkanes) is 2. The number of aromatic nitrogens is 6. The van der Waals surface area contributed by atoms with E-state index in [1.54, 1.807) is 32.4 Å². The van der Waals surface area contributed by atoms with Gasteiger partial charge in [0.25, 0.3) is 6.43 Å². The average Bonchev–Trinajstić information content (AvgIpc) is 3.99. The highest BCUT2D eigenvalue weighted by Crippen LogP contribution is 2.37.